The van der Waals surface area contributed by atoms with Crippen LogP contribution in [0.15, 0.2) is 30.3 Å². The van der Waals surface area contributed by atoms with Gasteiger partial charge in [-0.25, -0.2) is 0 Å². The molecule has 3 nitrogen and oxygen atoms in total. The van der Waals surface area contributed by atoms with Crippen molar-refractivity contribution in [1.82, 2.24) is 10.2 Å². The number of benzene rings is 1. The quantitative estimate of drug-likeness (QED) is 0.880. The van der Waals surface area contributed by atoms with Crippen LogP contribution in [0.3, 0.4) is 0 Å². The molecule has 0 aromatic heterocycles. The number of carbonyl (C=O) groups is 1. The van der Waals surface area contributed by atoms with Gasteiger partial charge in [0, 0.05) is 18.6 Å². The van der Waals surface area contributed by atoms with Crippen LogP contribution >= 0.6 is 0 Å². The van der Waals surface area contributed by atoms with E-state index in [9.17, 15) is 4.79 Å². The summed E-state index contributed by atoms with van der Waals surface area (Å²) in [5, 5.41) is 3.22. The molecule has 1 N–H and O–H groups in total. The van der Waals surface area contributed by atoms with Crippen molar-refractivity contribution in [1.29, 1.82) is 0 Å². The van der Waals surface area contributed by atoms with Gasteiger partial charge in [-0.15, -0.1) is 0 Å². The van der Waals surface area contributed by atoms with Crippen LogP contribution < -0.4 is 5.32 Å². The molecule has 1 atom stereocenters. The van der Waals surface area contributed by atoms with Gasteiger partial charge < -0.3 is 10.2 Å². The van der Waals surface area contributed by atoms with Gasteiger partial charge in [-0.05, 0) is 24.8 Å². The van der Waals surface area contributed by atoms with E-state index in [-0.39, 0.29) is 5.91 Å². The highest BCUT2D eigenvalue weighted by atomic mass is 16.2. The van der Waals surface area contributed by atoms with Crippen molar-refractivity contribution >= 4 is 5.91 Å². The zero-order valence-corrected chi connectivity index (χ0v) is 11.9. The minimum Gasteiger partial charge on any atom is -0.338 e. The summed E-state index contributed by atoms with van der Waals surface area (Å²) in [5.74, 6) is 0.243. The summed E-state index contributed by atoms with van der Waals surface area (Å²) < 4.78 is 0. The Morgan fingerprint density at radius 1 is 1.37 bits per heavy atom. The molecule has 3 heteroatoms. The number of carbonyl (C=O) groups excluding carboxylic acids is 1. The average Bonchev–Trinajstić information content (AvgIpc) is 2.85. The Kier molecular flexibility index (Phi) is 4.97. The van der Waals surface area contributed by atoms with E-state index < -0.39 is 0 Å². The minimum absolute atomic E-state index is 0.243. The molecule has 0 aliphatic carbocycles. The number of likely N-dealkylation sites (tertiary alicyclic amines) is 1. The van der Waals surface area contributed by atoms with E-state index >= 15 is 0 Å². The highest BCUT2D eigenvalue weighted by Gasteiger charge is 2.28. The second kappa shape index (κ2) is 6.71. The summed E-state index contributed by atoms with van der Waals surface area (Å²) in [6, 6.07) is 11.2. The Morgan fingerprint density at radius 2 is 2.11 bits per heavy atom. The Labute approximate surface area is 116 Å². The smallest absolute Gasteiger partial charge is 0.236 e. The number of hydrogen-bond acceptors (Lipinski definition) is 2. The fraction of sp³-hybridized carbons (Fsp3) is 0.562. The molecule has 0 saturated carbocycles. The van der Waals surface area contributed by atoms with Gasteiger partial charge in [-0.2, -0.15) is 0 Å². The van der Waals surface area contributed by atoms with E-state index in [1.165, 1.54) is 5.56 Å². The average molecular weight is 260 g/mol. The van der Waals surface area contributed by atoms with Gasteiger partial charge in [0.05, 0.1) is 6.54 Å². The van der Waals surface area contributed by atoms with Gasteiger partial charge in [0.25, 0.3) is 0 Å². The molecule has 0 spiro atoms. The summed E-state index contributed by atoms with van der Waals surface area (Å²) in [7, 11) is 0. The Morgan fingerprint density at radius 3 is 2.79 bits per heavy atom. The number of rotatable bonds is 5. The molecule has 1 unspecified atom stereocenters. The van der Waals surface area contributed by atoms with Crippen LogP contribution in [0, 0.1) is 0 Å². The van der Waals surface area contributed by atoms with Gasteiger partial charge in [-0.1, -0.05) is 44.2 Å². The lowest BCUT2D eigenvalue weighted by atomic mass is 10.0. The van der Waals surface area contributed by atoms with Crippen LogP contribution in [0.25, 0.3) is 0 Å². The summed E-state index contributed by atoms with van der Waals surface area (Å²) in [6.07, 6.45) is 3.24. The maximum Gasteiger partial charge on any atom is 0.236 e. The fourth-order valence-electron chi connectivity index (χ4n) is 2.66. The molecule has 0 radical (unpaired) electrons. The van der Waals surface area contributed by atoms with E-state index in [0.29, 0.717) is 18.6 Å². The molecule has 1 aromatic rings. The third-order valence-corrected chi connectivity index (χ3v) is 3.67. The highest BCUT2D eigenvalue weighted by Crippen LogP contribution is 2.21. The maximum absolute atomic E-state index is 12.2. The summed E-state index contributed by atoms with van der Waals surface area (Å²) >= 11 is 0. The first-order chi connectivity index (χ1) is 9.16. The number of hydrogen-bond donors (Lipinski definition) is 1. The van der Waals surface area contributed by atoms with Gasteiger partial charge in [0.2, 0.25) is 5.91 Å². The van der Waals surface area contributed by atoms with Crippen molar-refractivity contribution in [3.05, 3.63) is 35.9 Å². The van der Waals surface area contributed by atoms with Crippen LogP contribution in [0.2, 0.25) is 0 Å². The Balaban J connectivity index is 1.91. The topological polar surface area (TPSA) is 32.3 Å². The lowest BCUT2D eigenvalue weighted by Crippen LogP contribution is -2.43. The van der Waals surface area contributed by atoms with Crippen molar-refractivity contribution in [3.63, 3.8) is 0 Å². The molecule has 1 aliphatic heterocycles. The van der Waals surface area contributed by atoms with Crippen LogP contribution in [0.4, 0.5) is 0 Å². The van der Waals surface area contributed by atoms with Gasteiger partial charge in [0.15, 0.2) is 0 Å². The first kappa shape index (κ1) is 14.1. The SMILES string of the molecule is CC(C)NCC(=O)N1CCCC1Cc1ccccc1. The third-order valence-electron chi connectivity index (χ3n) is 3.67. The number of nitrogens with one attached hydrogen (secondary N) is 1. The van der Waals surface area contributed by atoms with Crippen molar-refractivity contribution in [2.75, 3.05) is 13.1 Å². The molecule has 1 fully saturated rings. The second-order valence-corrected chi connectivity index (χ2v) is 5.61. The summed E-state index contributed by atoms with van der Waals surface area (Å²) in [5.41, 5.74) is 1.32. The summed E-state index contributed by atoms with van der Waals surface area (Å²) in [4.78, 5) is 14.3. The standard InChI is InChI=1S/C16H24N2O/c1-13(2)17-12-16(19)18-10-6-9-15(18)11-14-7-4-3-5-8-14/h3-5,7-8,13,15,17H,6,9-12H2,1-2H3. The zero-order valence-electron chi connectivity index (χ0n) is 11.9. The fourth-order valence-corrected chi connectivity index (χ4v) is 2.66. The first-order valence-electron chi connectivity index (χ1n) is 7.23. The van der Waals surface area contributed by atoms with Crippen molar-refractivity contribution in [3.8, 4) is 0 Å². The second-order valence-electron chi connectivity index (χ2n) is 5.61. The monoisotopic (exact) mass is 260 g/mol. The predicted molar refractivity (Wildman–Crippen MR) is 78.0 cm³/mol. The lowest BCUT2D eigenvalue weighted by Gasteiger charge is -2.25. The molecular weight excluding hydrogens is 236 g/mol. The number of amides is 1. The molecular formula is C16H24N2O. The van der Waals surface area contributed by atoms with Crippen molar-refractivity contribution < 1.29 is 4.79 Å². The molecule has 1 aliphatic rings. The van der Waals surface area contributed by atoms with Crippen LogP contribution in [0.1, 0.15) is 32.3 Å². The molecule has 1 saturated heterocycles. The van der Waals surface area contributed by atoms with Crippen LogP contribution in [-0.2, 0) is 11.2 Å². The molecule has 104 valence electrons. The molecule has 19 heavy (non-hydrogen) atoms. The zero-order chi connectivity index (χ0) is 13.7. The largest absolute Gasteiger partial charge is 0.338 e. The highest BCUT2D eigenvalue weighted by molar-refractivity contribution is 5.79. The van der Waals surface area contributed by atoms with E-state index in [0.717, 1.165) is 25.8 Å². The van der Waals surface area contributed by atoms with Gasteiger partial charge >= 0.3 is 0 Å². The molecule has 0 bridgehead atoms. The third kappa shape index (κ3) is 4.06. The van der Waals surface area contributed by atoms with E-state index in [1.807, 2.05) is 6.07 Å². The molecule has 2 rings (SSSR count). The van der Waals surface area contributed by atoms with E-state index in [2.05, 4.69) is 48.3 Å². The van der Waals surface area contributed by atoms with Crippen LogP contribution in [0.5, 0.6) is 0 Å². The molecule has 1 aromatic carbocycles. The normalized spacial score (nSPS) is 19.1. The van der Waals surface area contributed by atoms with Crippen molar-refractivity contribution in [2.45, 2.75) is 45.2 Å². The van der Waals surface area contributed by atoms with E-state index in [4.69, 9.17) is 0 Å². The molecule has 1 heterocycles. The molecule has 1 amide bonds. The Bertz CT molecular complexity index is 402. The van der Waals surface area contributed by atoms with E-state index in [1.54, 1.807) is 0 Å². The lowest BCUT2D eigenvalue weighted by molar-refractivity contribution is -0.131. The minimum atomic E-state index is 0.243. The van der Waals surface area contributed by atoms with Gasteiger partial charge in [0.1, 0.15) is 0 Å². The maximum atomic E-state index is 12.2. The summed E-state index contributed by atoms with van der Waals surface area (Å²) in [6.45, 7) is 5.51. The predicted octanol–water partition coefficient (Wildman–Crippen LogP) is 2.22. The van der Waals surface area contributed by atoms with Gasteiger partial charge in [-0.3, -0.25) is 4.79 Å². The van der Waals surface area contributed by atoms with Crippen molar-refractivity contribution in [2.24, 2.45) is 0 Å². The first-order valence-corrected chi connectivity index (χ1v) is 7.23. The Hall–Kier alpha value is -1.35. The number of nitrogens with zero attached hydrogens (tertiary/aromatic N) is 1. The van der Waals surface area contributed by atoms with Crippen LogP contribution in [-0.4, -0.2) is 36.0 Å².